The molecule has 0 atom stereocenters. The molecule has 0 aliphatic carbocycles. The molecular weight excluding hydrogens is 470 g/mol. The number of nitrogens with one attached hydrogen (secondary N) is 1. The van der Waals surface area contributed by atoms with Crippen LogP contribution in [0.1, 0.15) is 12.5 Å². The second kappa shape index (κ2) is 11.3. The molecule has 2 saturated heterocycles. The average molecular weight is 498 g/mol. The van der Waals surface area contributed by atoms with Crippen molar-refractivity contribution in [2.24, 2.45) is 0 Å². The van der Waals surface area contributed by atoms with Crippen LogP contribution in [-0.2, 0) is 14.3 Å². The van der Waals surface area contributed by atoms with Crippen LogP contribution < -0.4 is 19.7 Å². The Balaban J connectivity index is 1.38. The number of ether oxygens (including phenoxy) is 3. The predicted molar refractivity (Wildman–Crippen MR) is 135 cm³/mol. The highest BCUT2D eigenvalue weighted by molar-refractivity contribution is 8.18. The summed E-state index contributed by atoms with van der Waals surface area (Å²) in [7, 11) is 1.53. The Kier molecular flexibility index (Phi) is 7.94. The van der Waals surface area contributed by atoms with Gasteiger partial charge in [-0.05, 0) is 66.7 Å². The van der Waals surface area contributed by atoms with Crippen LogP contribution in [0.15, 0.2) is 47.4 Å². The summed E-state index contributed by atoms with van der Waals surface area (Å²) < 4.78 is 16.2. The smallest absolute Gasteiger partial charge is 0.294 e. The fourth-order valence-electron chi connectivity index (χ4n) is 3.76. The Labute approximate surface area is 208 Å². The molecule has 1 N–H and O–H groups in total. The van der Waals surface area contributed by atoms with Crippen LogP contribution in [0.25, 0.3) is 6.08 Å². The Morgan fingerprint density at radius 1 is 1.11 bits per heavy atom. The number of nitrogens with zero attached hydrogens (tertiary/aromatic N) is 2. The van der Waals surface area contributed by atoms with Gasteiger partial charge in [0.15, 0.2) is 11.5 Å². The molecule has 0 saturated carbocycles. The Morgan fingerprint density at radius 3 is 2.54 bits per heavy atom. The quantitative estimate of drug-likeness (QED) is 0.553. The van der Waals surface area contributed by atoms with E-state index in [2.05, 4.69) is 10.2 Å². The van der Waals surface area contributed by atoms with Gasteiger partial charge in [0.25, 0.3) is 11.1 Å². The monoisotopic (exact) mass is 497 g/mol. The van der Waals surface area contributed by atoms with E-state index in [9.17, 15) is 14.4 Å². The third kappa shape index (κ3) is 5.95. The maximum Gasteiger partial charge on any atom is 0.294 e. The number of thioether (sulfide) groups is 1. The summed E-state index contributed by atoms with van der Waals surface area (Å²) in [4.78, 5) is 41.2. The van der Waals surface area contributed by atoms with Crippen LogP contribution in [-0.4, -0.2) is 68.5 Å². The summed E-state index contributed by atoms with van der Waals surface area (Å²) in [6.45, 7) is 5.03. The van der Waals surface area contributed by atoms with Crippen molar-refractivity contribution in [1.82, 2.24) is 4.90 Å². The number of imide groups is 1. The molecule has 2 fully saturated rings. The van der Waals surface area contributed by atoms with Gasteiger partial charge in [-0.15, -0.1) is 0 Å². The fourth-order valence-corrected chi connectivity index (χ4v) is 4.60. The normalized spacial score (nSPS) is 17.1. The van der Waals surface area contributed by atoms with Crippen molar-refractivity contribution in [3.05, 3.63) is 52.9 Å². The number of hydrogen-bond acceptors (Lipinski definition) is 8. The minimum atomic E-state index is -0.509. The SMILES string of the molecule is CCOc1ccc(/C=C2/SC(=O)N(CC(=O)Nc3ccc(N4CCOCC4)cc3)C2=O)cc1OC. The summed E-state index contributed by atoms with van der Waals surface area (Å²) in [5.74, 6) is 0.162. The molecule has 0 bridgehead atoms. The number of rotatable bonds is 8. The second-order valence-corrected chi connectivity index (χ2v) is 8.80. The average Bonchev–Trinajstić information content (AvgIpc) is 3.13. The first-order valence-electron chi connectivity index (χ1n) is 11.3. The fraction of sp³-hybridized carbons (Fsp3) is 0.320. The molecule has 2 heterocycles. The van der Waals surface area contributed by atoms with Crippen molar-refractivity contribution in [2.75, 3.05) is 56.8 Å². The van der Waals surface area contributed by atoms with E-state index in [1.54, 1.807) is 36.4 Å². The summed E-state index contributed by atoms with van der Waals surface area (Å²) >= 11 is 0.801. The molecule has 2 aliphatic heterocycles. The highest BCUT2D eigenvalue weighted by Gasteiger charge is 2.36. The lowest BCUT2D eigenvalue weighted by molar-refractivity contribution is -0.127. The number of benzene rings is 2. The highest BCUT2D eigenvalue weighted by Crippen LogP contribution is 2.34. The molecule has 10 heteroatoms. The van der Waals surface area contributed by atoms with Crippen LogP contribution in [0.5, 0.6) is 11.5 Å². The lowest BCUT2D eigenvalue weighted by atomic mass is 10.2. The van der Waals surface area contributed by atoms with Crippen molar-refractivity contribution in [3.63, 3.8) is 0 Å². The number of amides is 3. The summed E-state index contributed by atoms with van der Waals surface area (Å²) in [6.07, 6.45) is 1.60. The zero-order chi connectivity index (χ0) is 24.8. The Bertz CT molecular complexity index is 1130. The van der Waals surface area contributed by atoms with Crippen LogP contribution in [0, 0.1) is 0 Å². The van der Waals surface area contributed by atoms with E-state index in [0.29, 0.717) is 42.6 Å². The van der Waals surface area contributed by atoms with E-state index < -0.39 is 17.1 Å². The number of methoxy groups -OCH3 is 1. The Morgan fingerprint density at radius 2 is 1.86 bits per heavy atom. The van der Waals surface area contributed by atoms with E-state index in [1.807, 2.05) is 19.1 Å². The number of hydrogen-bond donors (Lipinski definition) is 1. The van der Waals surface area contributed by atoms with Crippen LogP contribution in [0.4, 0.5) is 16.2 Å². The minimum absolute atomic E-state index is 0.240. The van der Waals surface area contributed by atoms with Crippen molar-refractivity contribution < 1.29 is 28.6 Å². The molecular formula is C25H27N3O6S. The summed E-state index contributed by atoms with van der Waals surface area (Å²) in [5, 5.41) is 2.26. The molecule has 0 spiro atoms. The molecule has 0 radical (unpaired) electrons. The van der Waals surface area contributed by atoms with Gasteiger partial charge in [0.05, 0.1) is 31.8 Å². The third-order valence-electron chi connectivity index (χ3n) is 5.49. The largest absolute Gasteiger partial charge is 0.493 e. The lowest BCUT2D eigenvalue weighted by Crippen LogP contribution is -2.36. The van der Waals surface area contributed by atoms with Crippen LogP contribution in [0.3, 0.4) is 0 Å². The van der Waals surface area contributed by atoms with Gasteiger partial charge in [-0.1, -0.05) is 6.07 Å². The maximum absolute atomic E-state index is 12.8. The molecule has 3 amide bonds. The van der Waals surface area contributed by atoms with Gasteiger partial charge in [0.2, 0.25) is 5.91 Å². The number of carbonyl (C=O) groups excluding carboxylic acids is 3. The van der Waals surface area contributed by atoms with Gasteiger partial charge in [-0.2, -0.15) is 0 Å². The van der Waals surface area contributed by atoms with Crippen LogP contribution >= 0.6 is 11.8 Å². The predicted octanol–water partition coefficient (Wildman–Crippen LogP) is 3.61. The first kappa shape index (κ1) is 24.6. The van der Waals surface area contributed by atoms with Crippen molar-refractivity contribution >= 4 is 46.3 Å². The molecule has 4 rings (SSSR count). The number of carbonyl (C=O) groups is 3. The number of morpholine rings is 1. The van der Waals surface area contributed by atoms with E-state index in [4.69, 9.17) is 14.2 Å². The summed E-state index contributed by atoms with van der Waals surface area (Å²) in [6, 6.07) is 12.7. The standard InChI is InChI=1S/C25H27N3O6S/c1-3-34-20-9-4-17(14-21(20)32-2)15-22-24(30)28(25(31)35-22)16-23(29)26-18-5-7-19(8-6-18)27-10-12-33-13-11-27/h4-9,14-15H,3,10-13,16H2,1-2H3,(H,26,29)/b22-15+. The van der Waals surface area contributed by atoms with Gasteiger partial charge in [0, 0.05) is 24.5 Å². The first-order chi connectivity index (χ1) is 17.0. The lowest BCUT2D eigenvalue weighted by Gasteiger charge is -2.28. The summed E-state index contributed by atoms with van der Waals surface area (Å²) in [5.41, 5.74) is 2.32. The molecule has 35 heavy (non-hydrogen) atoms. The van der Waals surface area contributed by atoms with E-state index in [1.165, 1.54) is 7.11 Å². The highest BCUT2D eigenvalue weighted by atomic mass is 32.2. The topological polar surface area (TPSA) is 97.4 Å². The first-order valence-corrected chi connectivity index (χ1v) is 12.1. The van der Waals surface area contributed by atoms with E-state index in [0.717, 1.165) is 35.4 Å². The van der Waals surface area contributed by atoms with Gasteiger partial charge in [-0.25, -0.2) is 0 Å². The maximum atomic E-state index is 12.8. The zero-order valence-corrected chi connectivity index (χ0v) is 20.4. The molecule has 0 unspecified atom stereocenters. The van der Waals surface area contributed by atoms with Crippen molar-refractivity contribution in [2.45, 2.75) is 6.92 Å². The molecule has 9 nitrogen and oxygen atoms in total. The van der Waals surface area contributed by atoms with Gasteiger partial charge in [0.1, 0.15) is 6.54 Å². The molecule has 2 aromatic rings. The third-order valence-corrected chi connectivity index (χ3v) is 6.40. The Hall–Kier alpha value is -3.50. The molecule has 0 aromatic heterocycles. The van der Waals surface area contributed by atoms with E-state index in [-0.39, 0.29) is 11.4 Å². The van der Waals surface area contributed by atoms with Crippen molar-refractivity contribution in [3.8, 4) is 11.5 Å². The molecule has 184 valence electrons. The molecule has 2 aliphatic rings. The second-order valence-electron chi connectivity index (χ2n) is 7.81. The van der Waals surface area contributed by atoms with Crippen LogP contribution in [0.2, 0.25) is 0 Å². The van der Waals surface area contributed by atoms with E-state index >= 15 is 0 Å². The van der Waals surface area contributed by atoms with Gasteiger partial charge >= 0.3 is 0 Å². The zero-order valence-electron chi connectivity index (χ0n) is 19.6. The van der Waals surface area contributed by atoms with Gasteiger partial charge < -0.3 is 24.4 Å². The van der Waals surface area contributed by atoms with Crippen molar-refractivity contribution in [1.29, 1.82) is 0 Å². The minimum Gasteiger partial charge on any atom is -0.493 e. The molecule has 2 aromatic carbocycles. The number of anilines is 2. The van der Waals surface area contributed by atoms with Gasteiger partial charge in [-0.3, -0.25) is 19.3 Å².